The van der Waals surface area contributed by atoms with Crippen LogP contribution in [0.1, 0.15) is 23.7 Å². The van der Waals surface area contributed by atoms with Crippen LogP contribution in [-0.2, 0) is 0 Å². The molecule has 0 saturated carbocycles. The van der Waals surface area contributed by atoms with Crippen LogP contribution in [0.5, 0.6) is 0 Å². The van der Waals surface area contributed by atoms with E-state index in [1.165, 1.54) is 12.1 Å². The van der Waals surface area contributed by atoms with E-state index in [-0.39, 0.29) is 24.4 Å². The first-order chi connectivity index (χ1) is 9.17. The third kappa shape index (κ3) is 2.74. The van der Waals surface area contributed by atoms with Gasteiger partial charge in [-0.05, 0) is 23.9 Å². The molecule has 2 aromatic carbocycles. The molecule has 0 aliphatic carbocycles. The smallest absolute Gasteiger partial charge is 0.252 e. The molecule has 1 atom stereocenters. The number of benzene rings is 2. The van der Waals surface area contributed by atoms with Crippen molar-refractivity contribution in [2.75, 3.05) is 6.61 Å². The summed E-state index contributed by atoms with van der Waals surface area (Å²) in [6.07, 6.45) is 0.640. The van der Waals surface area contributed by atoms with Gasteiger partial charge in [0.25, 0.3) is 5.91 Å². The van der Waals surface area contributed by atoms with Gasteiger partial charge in [0.15, 0.2) is 0 Å². The molecule has 100 valence electrons. The Morgan fingerprint density at radius 1 is 1.26 bits per heavy atom. The Morgan fingerprint density at radius 3 is 2.58 bits per heavy atom. The highest BCUT2D eigenvalue weighted by Crippen LogP contribution is 2.21. The maximum absolute atomic E-state index is 13.7. The molecule has 0 bridgehead atoms. The van der Waals surface area contributed by atoms with Gasteiger partial charge in [0.1, 0.15) is 5.82 Å². The van der Waals surface area contributed by atoms with Crippen molar-refractivity contribution < 1.29 is 14.3 Å². The Morgan fingerprint density at radius 2 is 1.95 bits per heavy atom. The van der Waals surface area contributed by atoms with Crippen LogP contribution in [-0.4, -0.2) is 23.7 Å². The van der Waals surface area contributed by atoms with Gasteiger partial charge in [-0.3, -0.25) is 4.79 Å². The molecule has 0 aliphatic rings. The SMILES string of the molecule is CC[C@@H](CO)NC(=O)c1ccc(F)c2ccccc12. The largest absolute Gasteiger partial charge is 0.394 e. The standard InChI is InChI=1S/C15H16FNO2/c1-2-10(9-18)17-15(19)13-7-8-14(16)12-6-4-3-5-11(12)13/h3-8,10,18H,2,9H2,1H3,(H,17,19)/t10-/m0/s1. The highest BCUT2D eigenvalue weighted by Gasteiger charge is 2.15. The number of amides is 1. The Hall–Kier alpha value is -1.94. The second-order valence-corrected chi connectivity index (χ2v) is 4.40. The molecule has 2 aromatic rings. The van der Waals surface area contributed by atoms with Gasteiger partial charge in [0.2, 0.25) is 0 Å². The molecule has 0 unspecified atom stereocenters. The van der Waals surface area contributed by atoms with Gasteiger partial charge in [-0.2, -0.15) is 0 Å². The summed E-state index contributed by atoms with van der Waals surface area (Å²) in [5, 5.41) is 12.8. The number of hydrogen-bond acceptors (Lipinski definition) is 2. The van der Waals surface area contributed by atoms with Crippen LogP contribution in [0.15, 0.2) is 36.4 Å². The van der Waals surface area contributed by atoms with Crippen LogP contribution >= 0.6 is 0 Å². The number of carbonyl (C=O) groups is 1. The van der Waals surface area contributed by atoms with Crippen LogP contribution in [0.25, 0.3) is 10.8 Å². The number of fused-ring (bicyclic) bond motifs is 1. The molecule has 0 spiro atoms. The Kier molecular flexibility index (Phi) is 4.12. The molecule has 19 heavy (non-hydrogen) atoms. The van der Waals surface area contributed by atoms with Crippen molar-refractivity contribution >= 4 is 16.7 Å². The molecule has 2 N–H and O–H groups in total. The maximum atomic E-state index is 13.7. The minimum Gasteiger partial charge on any atom is -0.394 e. The summed E-state index contributed by atoms with van der Waals surface area (Å²) >= 11 is 0. The zero-order valence-electron chi connectivity index (χ0n) is 10.7. The van der Waals surface area contributed by atoms with E-state index >= 15 is 0 Å². The molecule has 0 aliphatic heterocycles. The van der Waals surface area contributed by atoms with Crippen molar-refractivity contribution in [1.82, 2.24) is 5.32 Å². The van der Waals surface area contributed by atoms with Crippen molar-refractivity contribution in [1.29, 1.82) is 0 Å². The van der Waals surface area contributed by atoms with Crippen LogP contribution in [0.3, 0.4) is 0 Å². The zero-order chi connectivity index (χ0) is 13.8. The number of halogens is 1. The molecule has 0 radical (unpaired) electrons. The van der Waals surface area contributed by atoms with Crippen molar-refractivity contribution in [3.05, 3.63) is 47.8 Å². The van der Waals surface area contributed by atoms with E-state index in [0.717, 1.165) is 0 Å². The van der Waals surface area contributed by atoms with Gasteiger partial charge < -0.3 is 10.4 Å². The molecule has 0 fully saturated rings. The third-order valence-corrected chi connectivity index (χ3v) is 3.16. The highest BCUT2D eigenvalue weighted by molar-refractivity contribution is 6.07. The summed E-state index contributed by atoms with van der Waals surface area (Å²) in [7, 11) is 0. The number of aliphatic hydroxyl groups excluding tert-OH is 1. The molecule has 2 rings (SSSR count). The summed E-state index contributed by atoms with van der Waals surface area (Å²) in [6, 6.07) is 9.33. The predicted molar refractivity (Wildman–Crippen MR) is 72.5 cm³/mol. The van der Waals surface area contributed by atoms with E-state index in [9.17, 15) is 9.18 Å². The minimum absolute atomic E-state index is 0.110. The van der Waals surface area contributed by atoms with Gasteiger partial charge in [-0.25, -0.2) is 4.39 Å². The molecular formula is C15H16FNO2. The molecule has 0 heterocycles. The summed E-state index contributed by atoms with van der Waals surface area (Å²) in [6.45, 7) is 1.77. The van der Waals surface area contributed by atoms with Crippen LogP contribution in [0.4, 0.5) is 4.39 Å². The molecule has 0 saturated heterocycles. The van der Waals surface area contributed by atoms with Gasteiger partial charge in [0.05, 0.1) is 12.6 Å². The molecule has 4 heteroatoms. The van der Waals surface area contributed by atoms with E-state index in [2.05, 4.69) is 5.32 Å². The van der Waals surface area contributed by atoms with Gasteiger partial charge >= 0.3 is 0 Å². The lowest BCUT2D eigenvalue weighted by atomic mass is 10.0. The molecular weight excluding hydrogens is 245 g/mol. The fourth-order valence-electron chi connectivity index (χ4n) is 2.00. The van der Waals surface area contributed by atoms with E-state index in [1.807, 2.05) is 6.92 Å². The normalized spacial score (nSPS) is 12.4. The van der Waals surface area contributed by atoms with E-state index in [1.54, 1.807) is 24.3 Å². The third-order valence-electron chi connectivity index (χ3n) is 3.16. The lowest BCUT2D eigenvalue weighted by Crippen LogP contribution is -2.37. The first-order valence-electron chi connectivity index (χ1n) is 6.26. The quantitative estimate of drug-likeness (QED) is 0.888. The number of hydrogen-bond donors (Lipinski definition) is 2. The first kappa shape index (κ1) is 13.5. The first-order valence-corrected chi connectivity index (χ1v) is 6.26. The fourth-order valence-corrected chi connectivity index (χ4v) is 2.00. The second kappa shape index (κ2) is 5.80. The number of rotatable bonds is 4. The average molecular weight is 261 g/mol. The van der Waals surface area contributed by atoms with Crippen molar-refractivity contribution in [2.24, 2.45) is 0 Å². The highest BCUT2D eigenvalue weighted by atomic mass is 19.1. The van der Waals surface area contributed by atoms with Gasteiger partial charge in [0, 0.05) is 10.9 Å². The van der Waals surface area contributed by atoms with E-state index in [4.69, 9.17) is 5.11 Å². The van der Waals surface area contributed by atoms with Gasteiger partial charge in [-0.15, -0.1) is 0 Å². The summed E-state index contributed by atoms with van der Waals surface area (Å²) < 4.78 is 13.7. The Balaban J connectivity index is 2.40. The fraction of sp³-hybridized carbons (Fsp3) is 0.267. The van der Waals surface area contributed by atoms with Crippen molar-refractivity contribution in [3.8, 4) is 0 Å². The lowest BCUT2D eigenvalue weighted by Gasteiger charge is -2.15. The number of nitrogens with one attached hydrogen (secondary N) is 1. The number of aliphatic hydroxyl groups is 1. The van der Waals surface area contributed by atoms with Crippen molar-refractivity contribution in [3.63, 3.8) is 0 Å². The molecule has 0 aromatic heterocycles. The topological polar surface area (TPSA) is 49.3 Å². The van der Waals surface area contributed by atoms with Crippen LogP contribution in [0.2, 0.25) is 0 Å². The Labute approximate surface area is 111 Å². The van der Waals surface area contributed by atoms with Crippen molar-refractivity contribution in [2.45, 2.75) is 19.4 Å². The van der Waals surface area contributed by atoms with Crippen LogP contribution < -0.4 is 5.32 Å². The number of carbonyl (C=O) groups excluding carboxylic acids is 1. The summed E-state index contributed by atoms with van der Waals surface area (Å²) in [4.78, 5) is 12.2. The van der Waals surface area contributed by atoms with E-state index < -0.39 is 0 Å². The second-order valence-electron chi connectivity index (χ2n) is 4.40. The Bertz CT molecular complexity index is 594. The lowest BCUT2D eigenvalue weighted by molar-refractivity contribution is 0.0916. The maximum Gasteiger partial charge on any atom is 0.252 e. The minimum atomic E-state index is -0.346. The summed E-state index contributed by atoms with van der Waals surface area (Å²) in [5.74, 6) is -0.640. The van der Waals surface area contributed by atoms with Gasteiger partial charge in [-0.1, -0.05) is 31.2 Å². The van der Waals surface area contributed by atoms with E-state index in [0.29, 0.717) is 22.8 Å². The average Bonchev–Trinajstić information content (AvgIpc) is 2.45. The monoisotopic (exact) mass is 261 g/mol. The zero-order valence-corrected chi connectivity index (χ0v) is 10.7. The molecule has 3 nitrogen and oxygen atoms in total. The summed E-state index contributed by atoms with van der Waals surface area (Å²) in [5.41, 5.74) is 0.420. The predicted octanol–water partition coefficient (Wildman–Crippen LogP) is 2.48. The molecule has 1 amide bonds. The van der Waals surface area contributed by atoms with Crippen LogP contribution in [0, 0.1) is 5.82 Å².